The fourth-order valence-electron chi connectivity index (χ4n) is 2.96. The Kier molecular flexibility index (Phi) is 5.32. The van der Waals surface area contributed by atoms with Gasteiger partial charge in [-0.2, -0.15) is 11.3 Å². The number of hydrogen-bond acceptors (Lipinski definition) is 5. The van der Waals surface area contributed by atoms with Crippen LogP contribution in [-0.4, -0.2) is 63.9 Å². The van der Waals surface area contributed by atoms with Crippen LogP contribution in [0.1, 0.15) is 43.3 Å². The molecule has 2 aromatic rings. The summed E-state index contributed by atoms with van der Waals surface area (Å²) >= 11 is 1.48. The van der Waals surface area contributed by atoms with Gasteiger partial charge in [0, 0.05) is 31.6 Å². The van der Waals surface area contributed by atoms with Crippen LogP contribution in [0.5, 0.6) is 0 Å². The Bertz CT molecular complexity index is 835. The second-order valence-electron chi connectivity index (χ2n) is 6.08. The van der Waals surface area contributed by atoms with Gasteiger partial charge in [0.2, 0.25) is 0 Å². The third kappa shape index (κ3) is 3.75. The Morgan fingerprint density at radius 1 is 1.04 bits per heavy atom. The number of nitrogens with zero attached hydrogens (tertiary/aromatic N) is 3. The maximum Gasteiger partial charge on any atom is 0.337 e. The molecule has 1 aliphatic rings. The van der Waals surface area contributed by atoms with Crippen LogP contribution < -0.4 is 0 Å². The number of rotatable bonds is 3. The molecule has 3 heterocycles. The van der Waals surface area contributed by atoms with Gasteiger partial charge in [-0.05, 0) is 36.9 Å². The van der Waals surface area contributed by atoms with Crippen molar-refractivity contribution in [1.82, 2.24) is 14.8 Å². The lowest BCUT2D eigenvalue weighted by molar-refractivity contribution is 0.0692. The first-order chi connectivity index (χ1) is 12.5. The zero-order valence-electron chi connectivity index (χ0n) is 14.3. The number of aryl methyl sites for hydroxylation is 1. The highest BCUT2D eigenvalue weighted by Crippen LogP contribution is 2.14. The van der Waals surface area contributed by atoms with Crippen LogP contribution >= 0.6 is 11.3 Å². The number of carboxylic acid groups (broad SMARTS) is 1. The van der Waals surface area contributed by atoms with Crippen LogP contribution in [0.2, 0.25) is 0 Å². The third-order valence-electron chi connectivity index (χ3n) is 4.37. The molecule has 2 amide bonds. The standard InChI is InChI=1S/C18H19N3O4S/c1-12-14(18(24)25)3-4-15(19-12)17(23)21-7-2-6-20(8-9-21)16(22)13-5-10-26-11-13/h3-5,10-11H,2,6-9H2,1H3,(H,24,25). The Hall–Kier alpha value is -2.74. The average molecular weight is 373 g/mol. The van der Waals surface area contributed by atoms with Crippen molar-refractivity contribution in [3.63, 3.8) is 0 Å². The molecule has 0 atom stereocenters. The number of carboxylic acids is 1. The first-order valence-electron chi connectivity index (χ1n) is 8.29. The van der Waals surface area contributed by atoms with Gasteiger partial charge in [-0.1, -0.05) is 0 Å². The lowest BCUT2D eigenvalue weighted by Gasteiger charge is -2.22. The number of aromatic nitrogens is 1. The van der Waals surface area contributed by atoms with Crippen molar-refractivity contribution in [3.8, 4) is 0 Å². The predicted molar refractivity (Wildman–Crippen MR) is 96.7 cm³/mol. The van der Waals surface area contributed by atoms with Gasteiger partial charge >= 0.3 is 5.97 Å². The summed E-state index contributed by atoms with van der Waals surface area (Å²) in [6, 6.07) is 4.65. The van der Waals surface area contributed by atoms with Crippen LogP contribution in [0.4, 0.5) is 0 Å². The van der Waals surface area contributed by atoms with E-state index in [1.54, 1.807) is 22.8 Å². The summed E-state index contributed by atoms with van der Waals surface area (Å²) in [5.41, 5.74) is 1.30. The monoisotopic (exact) mass is 373 g/mol. The molecule has 0 aromatic carbocycles. The Morgan fingerprint density at radius 3 is 2.31 bits per heavy atom. The van der Waals surface area contributed by atoms with Crippen molar-refractivity contribution in [2.45, 2.75) is 13.3 Å². The van der Waals surface area contributed by atoms with Crippen molar-refractivity contribution in [1.29, 1.82) is 0 Å². The molecule has 0 unspecified atom stereocenters. The molecule has 136 valence electrons. The molecule has 1 N–H and O–H groups in total. The maximum absolute atomic E-state index is 12.7. The molecule has 1 saturated heterocycles. The molecular formula is C18H19N3O4S. The van der Waals surface area contributed by atoms with E-state index < -0.39 is 5.97 Å². The molecule has 2 aromatic heterocycles. The minimum absolute atomic E-state index is 0.0136. The minimum Gasteiger partial charge on any atom is -0.478 e. The molecule has 1 aliphatic heterocycles. The molecule has 0 aliphatic carbocycles. The van der Waals surface area contributed by atoms with Gasteiger partial charge in [0.05, 0.1) is 16.8 Å². The van der Waals surface area contributed by atoms with Gasteiger partial charge in [0.15, 0.2) is 0 Å². The number of carbonyl (C=O) groups excluding carboxylic acids is 2. The van der Waals surface area contributed by atoms with E-state index in [-0.39, 0.29) is 23.1 Å². The second kappa shape index (κ2) is 7.65. The molecule has 26 heavy (non-hydrogen) atoms. The number of thiophene rings is 1. The second-order valence-corrected chi connectivity index (χ2v) is 6.86. The lowest BCUT2D eigenvalue weighted by atomic mass is 10.2. The van der Waals surface area contributed by atoms with E-state index >= 15 is 0 Å². The van der Waals surface area contributed by atoms with Crippen molar-refractivity contribution >= 4 is 29.1 Å². The van der Waals surface area contributed by atoms with Gasteiger partial charge in [-0.25, -0.2) is 9.78 Å². The first kappa shape index (κ1) is 18.1. The molecular weight excluding hydrogens is 354 g/mol. The van der Waals surface area contributed by atoms with Gasteiger partial charge in [0.25, 0.3) is 11.8 Å². The molecule has 0 bridgehead atoms. The van der Waals surface area contributed by atoms with E-state index in [1.165, 1.54) is 23.5 Å². The topological polar surface area (TPSA) is 90.8 Å². The maximum atomic E-state index is 12.7. The summed E-state index contributed by atoms with van der Waals surface area (Å²) < 4.78 is 0. The van der Waals surface area contributed by atoms with Crippen molar-refractivity contribution < 1.29 is 19.5 Å². The summed E-state index contributed by atoms with van der Waals surface area (Å²) in [4.78, 5) is 43.8. The molecule has 0 radical (unpaired) electrons. The van der Waals surface area contributed by atoms with E-state index in [2.05, 4.69) is 4.98 Å². The van der Waals surface area contributed by atoms with Gasteiger partial charge in [-0.3, -0.25) is 9.59 Å². The zero-order chi connectivity index (χ0) is 18.7. The number of aromatic carboxylic acids is 1. The summed E-state index contributed by atoms with van der Waals surface area (Å²) in [6.07, 6.45) is 0.688. The van der Waals surface area contributed by atoms with Crippen molar-refractivity contribution in [3.05, 3.63) is 51.5 Å². The van der Waals surface area contributed by atoms with Crippen LogP contribution in [-0.2, 0) is 0 Å². The molecule has 3 rings (SSSR count). The summed E-state index contributed by atoms with van der Waals surface area (Å²) in [5, 5.41) is 12.8. The van der Waals surface area contributed by atoms with Crippen molar-refractivity contribution in [2.24, 2.45) is 0 Å². The Balaban J connectivity index is 1.69. The minimum atomic E-state index is -1.06. The summed E-state index contributed by atoms with van der Waals surface area (Å²) in [6.45, 7) is 3.60. The van der Waals surface area contributed by atoms with Crippen LogP contribution in [0.3, 0.4) is 0 Å². The molecule has 7 nitrogen and oxygen atoms in total. The number of hydrogen-bond donors (Lipinski definition) is 1. The highest BCUT2D eigenvalue weighted by molar-refractivity contribution is 7.08. The third-order valence-corrected chi connectivity index (χ3v) is 5.06. The first-order valence-corrected chi connectivity index (χ1v) is 9.23. The van der Waals surface area contributed by atoms with E-state index in [4.69, 9.17) is 5.11 Å². The van der Waals surface area contributed by atoms with Crippen molar-refractivity contribution in [2.75, 3.05) is 26.2 Å². The molecule has 0 spiro atoms. The molecule has 8 heteroatoms. The number of amides is 2. The van der Waals surface area contributed by atoms with E-state index in [9.17, 15) is 14.4 Å². The van der Waals surface area contributed by atoms with Gasteiger partial charge in [-0.15, -0.1) is 0 Å². The number of pyridine rings is 1. The van der Waals surface area contributed by atoms with E-state index in [0.717, 1.165) is 0 Å². The van der Waals surface area contributed by atoms with Gasteiger partial charge in [0.1, 0.15) is 5.69 Å². The highest BCUT2D eigenvalue weighted by Gasteiger charge is 2.24. The molecule has 1 fully saturated rings. The quantitative estimate of drug-likeness (QED) is 0.890. The normalized spacial score (nSPS) is 14.8. The SMILES string of the molecule is Cc1nc(C(=O)N2CCCN(C(=O)c3ccsc3)CC2)ccc1C(=O)O. The highest BCUT2D eigenvalue weighted by atomic mass is 32.1. The summed E-state index contributed by atoms with van der Waals surface area (Å²) in [5.74, 6) is -1.32. The average Bonchev–Trinajstić information content (AvgIpc) is 3.04. The fourth-order valence-corrected chi connectivity index (χ4v) is 3.59. The Morgan fingerprint density at radius 2 is 1.73 bits per heavy atom. The lowest BCUT2D eigenvalue weighted by Crippen LogP contribution is -2.37. The number of carbonyl (C=O) groups is 3. The van der Waals surface area contributed by atoms with Gasteiger partial charge < -0.3 is 14.9 Å². The Labute approximate surface area is 154 Å². The smallest absolute Gasteiger partial charge is 0.337 e. The van der Waals surface area contributed by atoms with Crippen LogP contribution in [0.25, 0.3) is 0 Å². The zero-order valence-corrected chi connectivity index (χ0v) is 15.2. The largest absolute Gasteiger partial charge is 0.478 e. The predicted octanol–water partition coefficient (Wildman–Crippen LogP) is 2.14. The van der Waals surface area contributed by atoms with E-state index in [0.29, 0.717) is 43.9 Å². The van der Waals surface area contributed by atoms with Crippen LogP contribution in [0, 0.1) is 6.92 Å². The molecule has 0 saturated carbocycles. The fraction of sp³-hybridized carbons (Fsp3) is 0.333. The summed E-state index contributed by atoms with van der Waals surface area (Å²) in [7, 11) is 0. The van der Waals surface area contributed by atoms with Crippen LogP contribution in [0.15, 0.2) is 29.0 Å². The van der Waals surface area contributed by atoms with E-state index in [1.807, 2.05) is 10.8 Å².